The molecule has 2 N–H and O–H groups in total. The third kappa shape index (κ3) is 5.68. The Morgan fingerprint density at radius 2 is 1.41 bits per heavy atom. The van der Waals surface area contributed by atoms with Crippen molar-refractivity contribution >= 4 is 23.1 Å². The number of carbonyl (C=O) groups excluding carboxylic acids is 1. The third-order valence-corrected chi connectivity index (χ3v) is 3.93. The Kier molecular flexibility index (Phi) is 6.63. The number of amides is 1. The van der Waals surface area contributed by atoms with E-state index >= 15 is 0 Å². The summed E-state index contributed by atoms with van der Waals surface area (Å²) in [4.78, 5) is 21.2. The van der Waals surface area contributed by atoms with E-state index in [2.05, 4.69) is 20.6 Å². The molecule has 1 amide bonds. The molecule has 1 aromatic heterocycles. The van der Waals surface area contributed by atoms with E-state index in [1.54, 1.807) is 25.1 Å². The highest BCUT2D eigenvalue weighted by atomic mass is 16.5. The second-order valence-electron chi connectivity index (χ2n) is 6.18. The number of rotatable bonds is 8. The number of carbonyl (C=O) groups is 1. The minimum Gasteiger partial charge on any atom is -0.494 e. The van der Waals surface area contributed by atoms with Gasteiger partial charge < -0.3 is 20.1 Å². The van der Waals surface area contributed by atoms with Gasteiger partial charge in [-0.2, -0.15) is 0 Å². The maximum Gasteiger partial charge on any atom is 0.274 e. The summed E-state index contributed by atoms with van der Waals surface area (Å²) in [5.41, 5.74) is 1.78. The van der Waals surface area contributed by atoms with E-state index in [1.807, 2.05) is 50.2 Å². The molecule has 0 saturated carbocycles. The maximum atomic E-state index is 12.6. The van der Waals surface area contributed by atoms with E-state index in [-0.39, 0.29) is 11.6 Å². The van der Waals surface area contributed by atoms with Crippen molar-refractivity contribution in [2.24, 2.45) is 0 Å². The average molecular weight is 392 g/mol. The van der Waals surface area contributed by atoms with Gasteiger partial charge in [0, 0.05) is 17.4 Å². The molecule has 0 saturated heterocycles. The first kappa shape index (κ1) is 20.1. The fraction of sp³-hybridized carbons (Fsp3) is 0.227. The summed E-state index contributed by atoms with van der Waals surface area (Å²) >= 11 is 0. The molecule has 150 valence electrons. The van der Waals surface area contributed by atoms with Crippen molar-refractivity contribution in [3.63, 3.8) is 0 Å². The molecule has 1 heterocycles. The summed E-state index contributed by atoms with van der Waals surface area (Å²) < 4.78 is 10.9. The number of hydrogen-bond donors (Lipinski definition) is 2. The van der Waals surface area contributed by atoms with Crippen molar-refractivity contribution in [3.05, 3.63) is 66.1 Å². The summed E-state index contributed by atoms with van der Waals surface area (Å²) in [5, 5.41) is 6.03. The first-order valence-corrected chi connectivity index (χ1v) is 9.47. The molecule has 0 atom stereocenters. The number of anilines is 3. The van der Waals surface area contributed by atoms with Gasteiger partial charge in [-0.15, -0.1) is 0 Å². The van der Waals surface area contributed by atoms with Gasteiger partial charge >= 0.3 is 0 Å². The lowest BCUT2D eigenvalue weighted by Crippen LogP contribution is -2.15. The van der Waals surface area contributed by atoms with Crippen molar-refractivity contribution < 1.29 is 14.3 Å². The summed E-state index contributed by atoms with van der Waals surface area (Å²) in [6, 6.07) is 16.3. The van der Waals surface area contributed by atoms with Gasteiger partial charge in [0.15, 0.2) is 0 Å². The maximum absolute atomic E-state index is 12.6. The minimum atomic E-state index is -0.311. The number of nitrogens with zero attached hydrogens (tertiary/aromatic N) is 2. The van der Waals surface area contributed by atoms with E-state index in [1.165, 1.54) is 0 Å². The van der Waals surface area contributed by atoms with Gasteiger partial charge in [-0.1, -0.05) is 0 Å². The largest absolute Gasteiger partial charge is 0.494 e. The summed E-state index contributed by atoms with van der Waals surface area (Å²) in [6.07, 6.45) is 0. The molecule has 7 heteroatoms. The Morgan fingerprint density at radius 3 is 1.97 bits per heavy atom. The smallest absolute Gasteiger partial charge is 0.274 e. The number of aromatic nitrogens is 2. The Bertz CT molecular complexity index is 957. The zero-order valence-corrected chi connectivity index (χ0v) is 16.7. The Balaban J connectivity index is 1.71. The van der Waals surface area contributed by atoms with E-state index in [4.69, 9.17) is 9.47 Å². The van der Waals surface area contributed by atoms with E-state index in [0.717, 1.165) is 17.2 Å². The topological polar surface area (TPSA) is 85.4 Å². The van der Waals surface area contributed by atoms with Gasteiger partial charge in [0.2, 0.25) is 0 Å². The number of benzene rings is 2. The number of ether oxygens (including phenoxy) is 2. The molecule has 0 fully saturated rings. The first-order valence-electron chi connectivity index (χ1n) is 9.47. The van der Waals surface area contributed by atoms with E-state index < -0.39 is 0 Å². The molecule has 3 rings (SSSR count). The van der Waals surface area contributed by atoms with Crippen LogP contribution < -0.4 is 20.1 Å². The molecule has 29 heavy (non-hydrogen) atoms. The molecule has 0 aliphatic heterocycles. The zero-order valence-electron chi connectivity index (χ0n) is 16.7. The molecule has 7 nitrogen and oxygen atoms in total. The summed E-state index contributed by atoms with van der Waals surface area (Å²) in [6.45, 7) is 6.82. The molecule has 0 aliphatic rings. The summed E-state index contributed by atoms with van der Waals surface area (Å²) in [7, 11) is 0. The Hall–Kier alpha value is -3.61. The summed E-state index contributed by atoms with van der Waals surface area (Å²) in [5.74, 6) is 2.28. The molecular formula is C22H24N4O3. The number of aryl methyl sites for hydroxylation is 1. The second kappa shape index (κ2) is 9.54. The van der Waals surface area contributed by atoms with Crippen LogP contribution in [0.5, 0.6) is 11.5 Å². The lowest BCUT2D eigenvalue weighted by atomic mass is 10.2. The standard InChI is InChI=1S/C22H24N4O3/c1-4-28-18-10-6-16(7-11-18)25-21-14-20(23-15(3)24-21)22(27)26-17-8-12-19(13-9-17)29-5-2/h6-14H,4-5H2,1-3H3,(H,26,27)(H,23,24,25). The van der Waals surface area contributed by atoms with Crippen LogP contribution in [-0.2, 0) is 0 Å². The molecule has 3 aromatic rings. The van der Waals surface area contributed by atoms with Gasteiger partial charge in [0.1, 0.15) is 28.8 Å². The highest BCUT2D eigenvalue weighted by molar-refractivity contribution is 6.03. The highest BCUT2D eigenvalue weighted by Gasteiger charge is 2.11. The van der Waals surface area contributed by atoms with Gasteiger partial charge in [0.05, 0.1) is 13.2 Å². The van der Waals surface area contributed by atoms with E-state index in [9.17, 15) is 4.79 Å². The average Bonchev–Trinajstić information content (AvgIpc) is 2.71. The van der Waals surface area contributed by atoms with Crippen LogP contribution >= 0.6 is 0 Å². The van der Waals surface area contributed by atoms with Gasteiger partial charge in [0.25, 0.3) is 5.91 Å². The second-order valence-corrected chi connectivity index (χ2v) is 6.18. The van der Waals surface area contributed by atoms with Crippen molar-refractivity contribution in [1.29, 1.82) is 0 Å². The van der Waals surface area contributed by atoms with Crippen molar-refractivity contribution in [3.8, 4) is 11.5 Å². The van der Waals surface area contributed by atoms with Gasteiger partial charge in [-0.25, -0.2) is 9.97 Å². The van der Waals surface area contributed by atoms with Crippen molar-refractivity contribution in [1.82, 2.24) is 9.97 Å². The molecule has 0 radical (unpaired) electrons. The quantitative estimate of drug-likeness (QED) is 0.584. The predicted molar refractivity (Wildman–Crippen MR) is 113 cm³/mol. The van der Waals surface area contributed by atoms with Crippen LogP contribution in [0.3, 0.4) is 0 Å². The van der Waals surface area contributed by atoms with Crippen LogP contribution in [0.25, 0.3) is 0 Å². The highest BCUT2D eigenvalue weighted by Crippen LogP contribution is 2.20. The van der Waals surface area contributed by atoms with Crippen LogP contribution in [0.4, 0.5) is 17.2 Å². The van der Waals surface area contributed by atoms with Crippen LogP contribution in [0.2, 0.25) is 0 Å². The Morgan fingerprint density at radius 1 is 0.862 bits per heavy atom. The normalized spacial score (nSPS) is 10.3. The van der Waals surface area contributed by atoms with Crippen molar-refractivity contribution in [2.45, 2.75) is 20.8 Å². The van der Waals surface area contributed by atoms with Crippen LogP contribution in [0.1, 0.15) is 30.2 Å². The number of hydrogen-bond acceptors (Lipinski definition) is 6. The Labute approximate surface area is 170 Å². The molecular weight excluding hydrogens is 368 g/mol. The van der Waals surface area contributed by atoms with Gasteiger partial charge in [-0.3, -0.25) is 4.79 Å². The lowest BCUT2D eigenvalue weighted by molar-refractivity contribution is 0.102. The van der Waals surface area contributed by atoms with Crippen LogP contribution in [0, 0.1) is 6.92 Å². The predicted octanol–water partition coefficient (Wildman–Crippen LogP) is 4.58. The monoisotopic (exact) mass is 392 g/mol. The molecule has 2 aromatic carbocycles. The molecule has 0 spiro atoms. The third-order valence-electron chi connectivity index (χ3n) is 3.93. The molecule has 0 unspecified atom stereocenters. The van der Waals surface area contributed by atoms with Gasteiger partial charge in [-0.05, 0) is 69.3 Å². The minimum absolute atomic E-state index is 0.278. The lowest BCUT2D eigenvalue weighted by Gasteiger charge is -2.10. The number of nitrogens with one attached hydrogen (secondary N) is 2. The fourth-order valence-corrected chi connectivity index (χ4v) is 2.69. The fourth-order valence-electron chi connectivity index (χ4n) is 2.69. The molecule has 0 aliphatic carbocycles. The SMILES string of the molecule is CCOc1ccc(NC(=O)c2cc(Nc3ccc(OCC)cc3)nc(C)n2)cc1. The molecule has 0 bridgehead atoms. The van der Waals surface area contributed by atoms with Crippen LogP contribution in [0.15, 0.2) is 54.6 Å². The van der Waals surface area contributed by atoms with Crippen LogP contribution in [-0.4, -0.2) is 29.1 Å². The zero-order chi connectivity index (χ0) is 20.6. The first-order chi connectivity index (χ1) is 14.1. The van der Waals surface area contributed by atoms with E-state index in [0.29, 0.717) is 30.5 Å². The van der Waals surface area contributed by atoms with Crippen molar-refractivity contribution in [2.75, 3.05) is 23.8 Å².